The number of anilines is 1. The quantitative estimate of drug-likeness (QED) is 0.773. The Labute approximate surface area is 174 Å². The Morgan fingerprint density at radius 3 is 2.03 bits per heavy atom. The summed E-state index contributed by atoms with van der Waals surface area (Å²) in [5.74, 6) is 0.634. The van der Waals surface area contributed by atoms with Gasteiger partial charge in [0.05, 0.1) is 9.79 Å². The van der Waals surface area contributed by atoms with Crippen LogP contribution in [0.4, 0.5) is 5.69 Å². The Balaban J connectivity index is 1.81. The van der Waals surface area contributed by atoms with Crippen molar-refractivity contribution in [2.24, 2.45) is 11.8 Å². The van der Waals surface area contributed by atoms with E-state index >= 15 is 0 Å². The van der Waals surface area contributed by atoms with Crippen LogP contribution in [0.15, 0.2) is 52.3 Å². The van der Waals surface area contributed by atoms with Crippen LogP contribution in [0.3, 0.4) is 0 Å². The molecule has 0 amide bonds. The average Bonchev–Trinajstić information content (AvgIpc) is 2.60. The fraction of sp³-hybridized carbons (Fsp3) is 0.429. The van der Waals surface area contributed by atoms with E-state index in [-0.39, 0.29) is 9.79 Å². The van der Waals surface area contributed by atoms with Crippen LogP contribution in [0.25, 0.3) is 0 Å². The van der Waals surface area contributed by atoms with E-state index in [0.717, 1.165) is 12.0 Å². The van der Waals surface area contributed by atoms with Crippen molar-refractivity contribution in [1.82, 2.24) is 4.31 Å². The van der Waals surface area contributed by atoms with Crippen molar-refractivity contribution in [2.75, 3.05) is 17.8 Å². The zero-order chi connectivity index (χ0) is 21.4. The van der Waals surface area contributed by atoms with Gasteiger partial charge in [-0.05, 0) is 68.0 Å². The molecule has 0 aliphatic carbocycles. The Hall–Kier alpha value is -1.90. The maximum atomic E-state index is 13.0. The van der Waals surface area contributed by atoms with Gasteiger partial charge in [-0.3, -0.25) is 4.72 Å². The van der Waals surface area contributed by atoms with Crippen LogP contribution in [0.5, 0.6) is 0 Å². The molecule has 29 heavy (non-hydrogen) atoms. The molecule has 8 heteroatoms. The van der Waals surface area contributed by atoms with E-state index in [1.54, 1.807) is 19.1 Å². The van der Waals surface area contributed by atoms with E-state index < -0.39 is 20.0 Å². The first-order valence-electron chi connectivity index (χ1n) is 9.69. The Morgan fingerprint density at radius 2 is 1.48 bits per heavy atom. The zero-order valence-electron chi connectivity index (χ0n) is 17.2. The summed E-state index contributed by atoms with van der Waals surface area (Å²) in [5, 5.41) is 0. The highest BCUT2D eigenvalue weighted by atomic mass is 32.2. The SMILES string of the molecule is Cc1ccc(S(=O)(=O)Nc2ccc(S(=O)(=O)N3CC(C)CC(C)C3)cc2)c(C)c1. The number of nitrogens with one attached hydrogen (secondary N) is 1. The van der Waals surface area contributed by atoms with Crippen molar-refractivity contribution < 1.29 is 16.8 Å². The topological polar surface area (TPSA) is 83.5 Å². The lowest BCUT2D eigenvalue weighted by atomic mass is 9.94. The highest BCUT2D eigenvalue weighted by Crippen LogP contribution is 2.28. The molecule has 6 nitrogen and oxygen atoms in total. The molecule has 0 bridgehead atoms. The fourth-order valence-corrected chi connectivity index (χ4v) is 6.92. The highest BCUT2D eigenvalue weighted by molar-refractivity contribution is 7.92. The van der Waals surface area contributed by atoms with Gasteiger partial charge < -0.3 is 0 Å². The molecular weight excluding hydrogens is 408 g/mol. The van der Waals surface area contributed by atoms with Gasteiger partial charge in [0.15, 0.2) is 0 Å². The average molecular weight is 437 g/mol. The van der Waals surface area contributed by atoms with Crippen LogP contribution >= 0.6 is 0 Å². The molecule has 2 atom stereocenters. The van der Waals surface area contributed by atoms with Crippen LogP contribution < -0.4 is 4.72 Å². The fourth-order valence-electron chi connectivity index (χ4n) is 3.96. The van der Waals surface area contributed by atoms with E-state index in [0.29, 0.717) is 36.2 Å². The number of nitrogens with zero attached hydrogens (tertiary/aromatic N) is 1. The molecule has 0 aromatic heterocycles. The molecule has 0 spiro atoms. The number of aryl methyl sites for hydroxylation is 2. The van der Waals surface area contributed by atoms with Gasteiger partial charge >= 0.3 is 0 Å². The lowest BCUT2D eigenvalue weighted by Gasteiger charge is -2.34. The molecule has 1 fully saturated rings. The van der Waals surface area contributed by atoms with Gasteiger partial charge in [-0.2, -0.15) is 4.31 Å². The number of rotatable bonds is 5. The van der Waals surface area contributed by atoms with E-state index in [4.69, 9.17) is 0 Å². The third-order valence-electron chi connectivity index (χ3n) is 5.20. The predicted octanol–water partition coefficient (Wildman–Crippen LogP) is 3.77. The van der Waals surface area contributed by atoms with Crippen molar-refractivity contribution in [2.45, 2.75) is 43.9 Å². The van der Waals surface area contributed by atoms with E-state index in [1.165, 1.54) is 28.6 Å². The summed E-state index contributed by atoms with van der Waals surface area (Å²) >= 11 is 0. The number of hydrogen-bond acceptors (Lipinski definition) is 4. The molecule has 2 aromatic carbocycles. The molecule has 3 rings (SSSR count). The number of hydrogen-bond donors (Lipinski definition) is 1. The maximum Gasteiger partial charge on any atom is 0.262 e. The van der Waals surface area contributed by atoms with Gasteiger partial charge in [0.2, 0.25) is 10.0 Å². The van der Waals surface area contributed by atoms with Crippen molar-refractivity contribution >= 4 is 25.7 Å². The first kappa shape index (κ1) is 21.8. The minimum atomic E-state index is -3.75. The van der Waals surface area contributed by atoms with Crippen LogP contribution in [-0.4, -0.2) is 34.2 Å². The van der Waals surface area contributed by atoms with Crippen LogP contribution in [0.2, 0.25) is 0 Å². The number of sulfonamides is 2. The highest BCUT2D eigenvalue weighted by Gasteiger charge is 2.31. The van der Waals surface area contributed by atoms with Gasteiger partial charge in [-0.1, -0.05) is 31.5 Å². The minimum absolute atomic E-state index is 0.174. The van der Waals surface area contributed by atoms with Gasteiger partial charge in [0.25, 0.3) is 10.0 Å². The van der Waals surface area contributed by atoms with Crippen LogP contribution in [0, 0.1) is 25.7 Å². The largest absolute Gasteiger partial charge is 0.280 e. The molecule has 0 radical (unpaired) electrons. The molecule has 158 valence electrons. The van der Waals surface area contributed by atoms with E-state index in [9.17, 15) is 16.8 Å². The molecule has 1 aliphatic heterocycles. The number of benzene rings is 2. The molecule has 1 aliphatic rings. The zero-order valence-corrected chi connectivity index (χ0v) is 18.8. The molecule has 2 unspecified atom stereocenters. The number of piperidine rings is 1. The monoisotopic (exact) mass is 436 g/mol. The van der Waals surface area contributed by atoms with Gasteiger partial charge in [0, 0.05) is 18.8 Å². The Kier molecular flexibility index (Phi) is 6.08. The second-order valence-electron chi connectivity index (χ2n) is 8.17. The first-order chi connectivity index (χ1) is 13.5. The Bertz CT molecular complexity index is 1080. The van der Waals surface area contributed by atoms with Crippen LogP contribution in [-0.2, 0) is 20.0 Å². The van der Waals surface area contributed by atoms with Crippen LogP contribution in [0.1, 0.15) is 31.4 Å². The summed E-state index contributed by atoms with van der Waals surface area (Å²) in [4.78, 5) is 0.379. The molecule has 1 saturated heterocycles. The van der Waals surface area contributed by atoms with Gasteiger partial charge in [0.1, 0.15) is 0 Å². The molecule has 1 heterocycles. The molecule has 1 N–H and O–H groups in total. The third-order valence-corrected chi connectivity index (χ3v) is 8.59. The second kappa shape index (κ2) is 8.08. The van der Waals surface area contributed by atoms with Crippen molar-refractivity contribution in [3.63, 3.8) is 0 Å². The van der Waals surface area contributed by atoms with E-state index in [1.807, 2.05) is 13.0 Å². The third kappa shape index (κ3) is 4.82. The summed E-state index contributed by atoms with van der Waals surface area (Å²) in [7, 11) is -7.35. The predicted molar refractivity (Wildman–Crippen MR) is 115 cm³/mol. The molecule has 0 saturated carbocycles. The Morgan fingerprint density at radius 1 is 0.897 bits per heavy atom. The maximum absolute atomic E-state index is 13.0. The van der Waals surface area contributed by atoms with Gasteiger partial charge in [-0.25, -0.2) is 16.8 Å². The smallest absolute Gasteiger partial charge is 0.262 e. The standard InChI is InChI=1S/C21H28N2O4S2/c1-15-5-10-21(18(4)12-15)28(24,25)22-19-6-8-20(9-7-19)29(26,27)23-13-16(2)11-17(3)14-23/h5-10,12,16-17,22H,11,13-14H2,1-4H3. The molecular formula is C21H28N2O4S2. The summed E-state index contributed by atoms with van der Waals surface area (Å²) in [6, 6.07) is 11.0. The molecule has 2 aromatic rings. The minimum Gasteiger partial charge on any atom is -0.280 e. The van der Waals surface area contributed by atoms with Crippen molar-refractivity contribution in [3.8, 4) is 0 Å². The van der Waals surface area contributed by atoms with E-state index in [2.05, 4.69) is 18.6 Å². The normalized spacial score (nSPS) is 21.1. The summed E-state index contributed by atoms with van der Waals surface area (Å²) < 4.78 is 55.4. The lowest BCUT2D eigenvalue weighted by Crippen LogP contribution is -2.42. The van der Waals surface area contributed by atoms with Crippen molar-refractivity contribution in [3.05, 3.63) is 53.6 Å². The summed E-state index contributed by atoms with van der Waals surface area (Å²) in [6.07, 6.45) is 1.02. The summed E-state index contributed by atoms with van der Waals surface area (Å²) in [5.41, 5.74) is 1.96. The lowest BCUT2D eigenvalue weighted by molar-refractivity contribution is 0.222. The van der Waals surface area contributed by atoms with Crippen molar-refractivity contribution in [1.29, 1.82) is 0 Å². The summed E-state index contributed by atoms with van der Waals surface area (Å²) in [6.45, 7) is 8.78. The second-order valence-corrected chi connectivity index (χ2v) is 11.8. The first-order valence-corrected chi connectivity index (χ1v) is 12.6. The van der Waals surface area contributed by atoms with Gasteiger partial charge in [-0.15, -0.1) is 0 Å².